The van der Waals surface area contributed by atoms with Gasteiger partial charge in [0.05, 0.1) is 6.04 Å². The molecule has 0 radical (unpaired) electrons. The number of benzene rings is 2. The lowest BCUT2D eigenvalue weighted by Gasteiger charge is -2.43. The second-order valence-electron chi connectivity index (χ2n) is 7.38. The highest BCUT2D eigenvalue weighted by atomic mass is 19.1. The molecule has 1 aliphatic heterocycles. The number of aromatic hydroxyl groups is 1. The number of rotatable bonds is 1. The van der Waals surface area contributed by atoms with Crippen LogP contribution < -0.4 is 5.32 Å². The summed E-state index contributed by atoms with van der Waals surface area (Å²) in [5.74, 6) is 2.61. The quantitative estimate of drug-likeness (QED) is 0.791. The smallest absolute Gasteiger partial charge is 0.123 e. The molecule has 0 amide bonds. The van der Waals surface area contributed by atoms with Crippen LogP contribution in [0.3, 0.4) is 0 Å². The highest BCUT2D eigenvalue weighted by molar-refractivity contribution is 5.59. The molecule has 2 aromatic carbocycles. The van der Waals surface area contributed by atoms with Crippen LogP contribution in [0.1, 0.15) is 42.3 Å². The number of halogens is 1. The van der Waals surface area contributed by atoms with Crippen molar-refractivity contribution >= 4 is 5.69 Å². The van der Waals surface area contributed by atoms with E-state index in [-0.39, 0.29) is 11.9 Å². The number of fused-ring (bicyclic) bond motifs is 7. The lowest BCUT2D eigenvalue weighted by atomic mass is 9.68. The Bertz CT molecular complexity index is 757. The molecule has 23 heavy (non-hydrogen) atoms. The van der Waals surface area contributed by atoms with Crippen molar-refractivity contribution in [3.63, 3.8) is 0 Å². The van der Waals surface area contributed by atoms with Gasteiger partial charge in [-0.3, -0.25) is 0 Å². The number of hydrogen-bond donors (Lipinski definition) is 2. The molecule has 1 heterocycles. The maximum atomic E-state index is 13.8. The zero-order chi connectivity index (χ0) is 15.6. The first kappa shape index (κ1) is 13.4. The van der Waals surface area contributed by atoms with E-state index in [9.17, 15) is 9.50 Å². The van der Waals surface area contributed by atoms with Gasteiger partial charge in [0, 0.05) is 5.69 Å². The minimum Gasteiger partial charge on any atom is -0.508 e. The zero-order valence-corrected chi connectivity index (χ0v) is 12.9. The monoisotopic (exact) mass is 309 g/mol. The van der Waals surface area contributed by atoms with Crippen LogP contribution in [0, 0.1) is 23.6 Å². The van der Waals surface area contributed by atoms with Gasteiger partial charge in [-0.05, 0) is 84.4 Å². The second kappa shape index (κ2) is 4.73. The van der Waals surface area contributed by atoms with E-state index in [1.54, 1.807) is 24.3 Å². The Morgan fingerprint density at radius 2 is 1.78 bits per heavy atom. The van der Waals surface area contributed by atoms with Crippen molar-refractivity contribution in [3.05, 3.63) is 59.4 Å². The molecule has 2 fully saturated rings. The van der Waals surface area contributed by atoms with Crippen LogP contribution in [0.2, 0.25) is 0 Å². The summed E-state index contributed by atoms with van der Waals surface area (Å²) in [5.41, 5.74) is 3.48. The Labute approximate surface area is 135 Å². The lowest BCUT2D eigenvalue weighted by Crippen LogP contribution is -2.35. The van der Waals surface area contributed by atoms with Crippen LogP contribution in [0.4, 0.5) is 10.1 Å². The van der Waals surface area contributed by atoms with E-state index in [1.165, 1.54) is 30.4 Å². The molecule has 2 nitrogen and oxygen atoms in total. The fourth-order valence-corrected chi connectivity index (χ4v) is 5.47. The highest BCUT2D eigenvalue weighted by Crippen LogP contribution is 2.63. The van der Waals surface area contributed by atoms with Gasteiger partial charge in [0.1, 0.15) is 11.6 Å². The number of phenolic OH excluding ortho intramolecular Hbond substituents is 1. The maximum Gasteiger partial charge on any atom is 0.123 e. The molecule has 2 bridgehead atoms. The number of hydrogen-bond acceptors (Lipinski definition) is 2. The van der Waals surface area contributed by atoms with Gasteiger partial charge in [-0.15, -0.1) is 0 Å². The summed E-state index contributed by atoms with van der Waals surface area (Å²) in [6.45, 7) is 0. The van der Waals surface area contributed by atoms with Crippen LogP contribution >= 0.6 is 0 Å². The minimum absolute atomic E-state index is 0.129. The van der Waals surface area contributed by atoms with Gasteiger partial charge in [0.25, 0.3) is 0 Å². The Kier molecular flexibility index (Phi) is 2.76. The Morgan fingerprint density at radius 1 is 1.00 bits per heavy atom. The van der Waals surface area contributed by atoms with Crippen molar-refractivity contribution in [2.24, 2.45) is 17.8 Å². The molecule has 2 saturated carbocycles. The normalized spacial score (nSPS) is 33.9. The van der Waals surface area contributed by atoms with Crippen molar-refractivity contribution in [2.75, 3.05) is 5.32 Å². The third-order valence-electron chi connectivity index (χ3n) is 6.30. The summed E-state index contributed by atoms with van der Waals surface area (Å²) >= 11 is 0. The Morgan fingerprint density at radius 3 is 2.61 bits per heavy atom. The minimum atomic E-state index is -0.129. The zero-order valence-electron chi connectivity index (χ0n) is 12.9. The third-order valence-corrected chi connectivity index (χ3v) is 6.30. The van der Waals surface area contributed by atoms with E-state index in [0.29, 0.717) is 23.5 Å². The van der Waals surface area contributed by atoms with Crippen LogP contribution in [0.5, 0.6) is 5.75 Å². The third kappa shape index (κ3) is 1.92. The largest absolute Gasteiger partial charge is 0.508 e. The molecule has 0 aromatic heterocycles. The second-order valence-corrected chi connectivity index (χ2v) is 7.38. The summed E-state index contributed by atoms with van der Waals surface area (Å²) in [7, 11) is 0. The molecule has 3 heteroatoms. The van der Waals surface area contributed by atoms with Gasteiger partial charge in [-0.25, -0.2) is 4.39 Å². The lowest BCUT2D eigenvalue weighted by molar-refractivity contribution is 0.247. The Hall–Kier alpha value is -2.03. The van der Waals surface area contributed by atoms with Crippen molar-refractivity contribution in [1.29, 1.82) is 0 Å². The van der Waals surface area contributed by atoms with E-state index in [2.05, 4.69) is 5.32 Å². The summed E-state index contributed by atoms with van der Waals surface area (Å²) in [6, 6.07) is 13.0. The standard InChI is InChI=1S/C20H20FNO/c21-14-5-8-17-16(10-14)18-12-1-2-13(9-12)19(18)20(22-17)11-3-6-15(23)7-4-11/h3-8,10,12-13,18-20,22-23H,1-2,9H2/t12-,13+,18-,19-,20+/m1/s1. The molecule has 0 unspecified atom stereocenters. The molecular weight excluding hydrogens is 289 g/mol. The molecule has 2 aliphatic carbocycles. The molecule has 5 atom stereocenters. The maximum absolute atomic E-state index is 13.8. The van der Waals surface area contributed by atoms with Crippen molar-refractivity contribution in [1.82, 2.24) is 0 Å². The topological polar surface area (TPSA) is 32.3 Å². The fraction of sp³-hybridized carbons (Fsp3) is 0.400. The van der Waals surface area contributed by atoms with Crippen LogP contribution in [0.25, 0.3) is 0 Å². The van der Waals surface area contributed by atoms with Crippen molar-refractivity contribution < 1.29 is 9.50 Å². The van der Waals surface area contributed by atoms with E-state index in [1.807, 2.05) is 18.2 Å². The summed E-state index contributed by atoms with van der Waals surface area (Å²) in [5, 5.41) is 13.2. The average molecular weight is 309 g/mol. The first-order valence-electron chi connectivity index (χ1n) is 8.55. The first-order chi connectivity index (χ1) is 11.2. The highest BCUT2D eigenvalue weighted by Gasteiger charge is 2.53. The van der Waals surface area contributed by atoms with Gasteiger partial charge in [0.15, 0.2) is 0 Å². The van der Waals surface area contributed by atoms with Gasteiger partial charge in [-0.2, -0.15) is 0 Å². The van der Waals surface area contributed by atoms with E-state index >= 15 is 0 Å². The predicted molar refractivity (Wildman–Crippen MR) is 87.9 cm³/mol. The summed E-state index contributed by atoms with van der Waals surface area (Å²) in [6.07, 6.45) is 3.86. The molecular formula is C20H20FNO. The van der Waals surface area contributed by atoms with E-state index < -0.39 is 0 Å². The van der Waals surface area contributed by atoms with Gasteiger partial charge >= 0.3 is 0 Å². The summed E-state index contributed by atoms with van der Waals surface area (Å²) < 4.78 is 13.8. The molecule has 5 rings (SSSR count). The van der Waals surface area contributed by atoms with Crippen molar-refractivity contribution in [2.45, 2.75) is 31.2 Å². The summed E-state index contributed by atoms with van der Waals surface area (Å²) in [4.78, 5) is 0. The van der Waals surface area contributed by atoms with Crippen LogP contribution in [-0.2, 0) is 0 Å². The molecule has 2 aromatic rings. The molecule has 0 spiro atoms. The first-order valence-corrected chi connectivity index (χ1v) is 8.55. The molecule has 2 N–H and O–H groups in total. The average Bonchev–Trinajstić information content (AvgIpc) is 3.17. The van der Waals surface area contributed by atoms with E-state index in [0.717, 1.165) is 11.6 Å². The Balaban J connectivity index is 1.63. The fourth-order valence-electron chi connectivity index (χ4n) is 5.47. The van der Waals surface area contributed by atoms with Gasteiger partial charge in [0.2, 0.25) is 0 Å². The number of nitrogens with one attached hydrogen (secondary N) is 1. The van der Waals surface area contributed by atoms with E-state index in [4.69, 9.17) is 0 Å². The van der Waals surface area contributed by atoms with Gasteiger partial charge in [-0.1, -0.05) is 12.1 Å². The van der Waals surface area contributed by atoms with Crippen LogP contribution in [0.15, 0.2) is 42.5 Å². The number of anilines is 1. The number of phenols is 1. The van der Waals surface area contributed by atoms with Gasteiger partial charge < -0.3 is 10.4 Å². The molecule has 118 valence electrons. The molecule has 0 saturated heterocycles. The molecule has 3 aliphatic rings. The van der Waals surface area contributed by atoms with Crippen LogP contribution in [-0.4, -0.2) is 5.11 Å². The SMILES string of the molecule is Oc1ccc([C@@H]2Nc3ccc(F)cc3[C@H]3[C@@H]4CC[C@@H](C4)[C@H]32)cc1. The predicted octanol–water partition coefficient (Wildman–Crippen LogP) is 4.83. The van der Waals surface area contributed by atoms with Crippen molar-refractivity contribution in [3.8, 4) is 5.75 Å².